The number of aliphatic hydroxyl groups is 1. The Hall–Kier alpha value is -2.20. The molecule has 1 saturated carbocycles. The van der Waals surface area contributed by atoms with E-state index in [4.69, 9.17) is 0 Å². The van der Waals surface area contributed by atoms with E-state index in [2.05, 4.69) is 4.98 Å². The fourth-order valence-electron chi connectivity index (χ4n) is 2.77. The third kappa shape index (κ3) is 2.88. The highest BCUT2D eigenvalue weighted by molar-refractivity contribution is 5.97. The number of hydrogen-bond donors (Lipinski definition) is 1. The van der Waals surface area contributed by atoms with Crippen LogP contribution in [0.15, 0.2) is 42.6 Å². The normalized spacial score (nSPS) is 13.9. The van der Waals surface area contributed by atoms with Gasteiger partial charge in [0.25, 0.3) is 5.91 Å². The summed E-state index contributed by atoms with van der Waals surface area (Å²) in [5.74, 6) is 0.00633. The molecule has 3 rings (SSSR count). The van der Waals surface area contributed by atoms with Crippen LogP contribution in [0.5, 0.6) is 0 Å². The molecule has 4 nitrogen and oxygen atoms in total. The monoisotopic (exact) mass is 296 g/mol. The summed E-state index contributed by atoms with van der Waals surface area (Å²) in [6, 6.07) is 11.8. The summed E-state index contributed by atoms with van der Waals surface area (Å²) in [5.41, 5.74) is 3.49. The number of hydrogen-bond acceptors (Lipinski definition) is 3. The van der Waals surface area contributed by atoms with Crippen LogP contribution < -0.4 is 0 Å². The van der Waals surface area contributed by atoms with Crippen molar-refractivity contribution in [3.8, 4) is 11.3 Å². The second-order valence-corrected chi connectivity index (χ2v) is 5.65. The molecule has 1 fully saturated rings. The van der Waals surface area contributed by atoms with Gasteiger partial charge < -0.3 is 10.0 Å². The molecule has 0 bridgehead atoms. The third-order valence-corrected chi connectivity index (χ3v) is 4.09. The highest BCUT2D eigenvalue weighted by atomic mass is 16.3. The lowest BCUT2D eigenvalue weighted by atomic mass is 9.98. The lowest BCUT2D eigenvalue weighted by molar-refractivity contribution is 0.0707. The zero-order chi connectivity index (χ0) is 15.5. The Kier molecular flexibility index (Phi) is 4.20. The predicted molar refractivity (Wildman–Crippen MR) is 85.6 cm³/mol. The van der Waals surface area contributed by atoms with Gasteiger partial charge in [0.15, 0.2) is 0 Å². The van der Waals surface area contributed by atoms with Crippen LogP contribution in [-0.4, -0.2) is 40.1 Å². The topological polar surface area (TPSA) is 53.4 Å². The first-order chi connectivity index (χ1) is 10.7. The summed E-state index contributed by atoms with van der Waals surface area (Å²) in [6.07, 6.45) is 3.82. The fourth-order valence-corrected chi connectivity index (χ4v) is 2.77. The second-order valence-electron chi connectivity index (χ2n) is 5.65. The Labute approximate surface area is 130 Å². The lowest BCUT2D eigenvalue weighted by Crippen LogP contribution is -2.35. The van der Waals surface area contributed by atoms with Crippen LogP contribution in [0.2, 0.25) is 0 Å². The van der Waals surface area contributed by atoms with Gasteiger partial charge >= 0.3 is 0 Å². The van der Waals surface area contributed by atoms with E-state index in [0.717, 1.165) is 29.7 Å². The first kappa shape index (κ1) is 14.7. The van der Waals surface area contributed by atoms with E-state index >= 15 is 0 Å². The molecule has 2 aromatic rings. The molecule has 1 heterocycles. The van der Waals surface area contributed by atoms with Gasteiger partial charge in [-0.15, -0.1) is 0 Å². The molecule has 1 aliphatic rings. The average Bonchev–Trinajstić information content (AvgIpc) is 3.38. The lowest BCUT2D eigenvalue weighted by Gasteiger charge is -2.23. The number of nitrogens with zero attached hydrogens (tertiary/aromatic N) is 2. The van der Waals surface area contributed by atoms with Crippen LogP contribution in [0.3, 0.4) is 0 Å². The van der Waals surface area contributed by atoms with Gasteiger partial charge in [0, 0.05) is 29.9 Å². The molecule has 1 amide bonds. The van der Waals surface area contributed by atoms with Crippen molar-refractivity contribution < 1.29 is 9.90 Å². The van der Waals surface area contributed by atoms with E-state index < -0.39 is 0 Å². The number of rotatable bonds is 5. The largest absolute Gasteiger partial charge is 0.395 e. The average molecular weight is 296 g/mol. The molecular formula is C18H20N2O2. The van der Waals surface area contributed by atoms with Gasteiger partial charge in [-0.05, 0) is 43.5 Å². The van der Waals surface area contributed by atoms with E-state index in [-0.39, 0.29) is 18.6 Å². The molecule has 0 saturated heterocycles. The van der Waals surface area contributed by atoms with Crippen LogP contribution in [0.1, 0.15) is 28.8 Å². The van der Waals surface area contributed by atoms with E-state index in [1.54, 1.807) is 11.1 Å². The molecule has 0 radical (unpaired) electrons. The molecule has 1 aliphatic carbocycles. The van der Waals surface area contributed by atoms with Gasteiger partial charge in [-0.2, -0.15) is 0 Å². The number of benzene rings is 1. The Morgan fingerprint density at radius 2 is 2.09 bits per heavy atom. The molecule has 0 atom stereocenters. The molecule has 1 N–H and O–H groups in total. The number of pyridine rings is 1. The van der Waals surface area contributed by atoms with E-state index in [1.807, 2.05) is 43.3 Å². The highest BCUT2D eigenvalue weighted by Crippen LogP contribution is 2.30. The van der Waals surface area contributed by atoms with Crippen molar-refractivity contribution in [2.75, 3.05) is 13.2 Å². The van der Waals surface area contributed by atoms with Crippen LogP contribution in [0.25, 0.3) is 11.3 Å². The fraction of sp³-hybridized carbons (Fsp3) is 0.333. The van der Waals surface area contributed by atoms with Crippen molar-refractivity contribution >= 4 is 5.91 Å². The zero-order valence-corrected chi connectivity index (χ0v) is 12.7. The smallest absolute Gasteiger partial charge is 0.254 e. The third-order valence-electron chi connectivity index (χ3n) is 4.09. The van der Waals surface area contributed by atoms with Crippen molar-refractivity contribution in [1.82, 2.24) is 9.88 Å². The molecule has 0 aliphatic heterocycles. The maximum atomic E-state index is 12.8. The van der Waals surface area contributed by atoms with Gasteiger partial charge in [0.2, 0.25) is 0 Å². The Morgan fingerprint density at radius 1 is 1.27 bits per heavy atom. The zero-order valence-electron chi connectivity index (χ0n) is 12.7. The molecule has 1 aromatic heterocycles. The van der Waals surface area contributed by atoms with Crippen molar-refractivity contribution in [1.29, 1.82) is 0 Å². The summed E-state index contributed by atoms with van der Waals surface area (Å²) in [5, 5.41) is 9.21. The van der Waals surface area contributed by atoms with Crippen LogP contribution in [-0.2, 0) is 0 Å². The number of carbonyl (C=O) groups excluding carboxylic acids is 1. The number of carbonyl (C=O) groups is 1. The number of aromatic nitrogens is 1. The molecule has 1 aromatic carbocycles. The maximum Gasteiger partial charge on any atom is 0.254 e. The van der Waals surface area contributed by atoms with Crippen molar-refractivity contribution in [2.24, 2.45) is 0 Å². The van der Waals surface area contributed by atoms with Gasteiger partial charge in [-0.1, -0.05) is 18.2 Å². The van der Waals surface area contributed by atoms with Gasteiger partial charge in [0.1, 0.15) is 0 Å². The standard InChI is InChI=1S/C18H20N2O2/c1-13-15(17-7-2-3-10-19-17)5-4-6-16(13)18(22)20(11-12-21)14-8-9-14/h2-7,10,14,21H,8-9,11-12H2,1H3. The van der Waals surface area contributed by atoms with Crippen molar-refractivity contribution in [3.63, 3.8) is 0 Å². The Bertz CT molecular complexity index is 666. The number of amides is 1. The summed E-state index contributed by atoms with van der Waals surface area (Å²) < 4.78 is 0. The van der Waals surface area contributed by atoms with Crippen molar-refractivity contribution in [2.45, 2.75) is 25.8 Å². The Morgan fingerprint density at radius 3 is 2.73 bits per heavy atom. The van der Waals surface area contributed by atoms with Crippen molar-refractivity contribution in [3.05, 3.63) is 53.7 Å². The summed E-state index contributed by atoms with van der Waals surface area (Å²) >= 11 is 0. The van der Waals surface area contributed by atoms with Gasteiger partial charge in [-0.3, -0.25) is 9.78 Å². The minimum Gasteiger partial charge on any atom is -0.395 e. The predicted octanol–water partition coefficient (Wildman–Crippen LogP) is 2.65. The highest BCUT2D eigenvalue weighted by Gasteiger charge is 2.33. The quantitative estimate of drug-likeness (QED) is 0.923. The first-order valence-electron chi connectivity index (χ1n) is 7.65. The van der Waals surface area contributed by atoms with E-state index in [1.165, 1.54) is 0 Å². The SMILES string of the molecule is Cc1c(C(=O)N(CCO)C2CC2)cccc1-c1ccccn1. The first-order valence-corrected chi connectivity index (χ1v) is 7.65. The van der Waals surface area contributed by atoms with Crippen LogP contribution in [0, 0.1) is 6.92 Å². The molecular weight excluding hydrogens is 276 g/mol. The Balaban J connectivity index is 1.96. The van der Waals surface area contributed by atoms with Crippen LogP contribution in [0.4, 0.5) is 0 Å². The maximum absolute atomic E-state index is 12.8. The second kappa shape index (κ2) is 6.28. The van der Waals surface area contributed by atoms with Gasteiger partial charge in [-0.25, -0.2) is 0 Å². The molecule has 4 heteroatoms. The van der Waals surface area contributed by atoms with Crippen LogP contribution >= 0.6 is 0 Å². The van der Waals surface area contributed by atoms with Gasteiger partial charge in [0.05, 0.1) is 12.3 Å². The van der Waals surface area contributed by atoms with E-state index in [0.29, 0.717) is 12.1 Å². The minimum absolute atomic E-state index is 0.00121. The molecule has 114 valence electrons. The minimum atomic E-state index is 0.00121. The molecule has 0 unspecified atom stereocenters. The molecule has 22 heavy (non-hydrogen) atoms. The summed E-state index contributed by atoms with van der Waals surface area (Å²) in [6.45, 7) is 2.36. The summed E-state index contributed by atoms with van der Waals surface area (Å²) in [7, 11) is 0. The molecule has 0 spiro atoms. The number of aliphatic hydroxyl groups excluding tert-OH is 1. The summed E-state index contributed by atoms with van der Waals surface area (Å²) in [4.78, 5) is 19.0. The van der Waals surface area contributed by atoms with E-state index in [9.17, 15) is 9.90 Å².